The molecule has 3 heterocycles. The van der Waals surface area contributed by atoms with Gasteiger partial charge in [0.25, 0.3) is 0 Å². The summed E-state index contributed by atoms with van der Waals surface area (Å²) in [5.74, 6) is 0. The van der Waals surface area contributed by atoms with Gasteiger partial charge >= 0.3 is 0 Å². The van der Waals surface area contributed by atoms with Crippen molar-refractivity contribution < 1.29 is 0 Å². The molecule has 0 unspecified atom stereocenters. The SMILES string of the molecule is Cc1cccc2ncc(CN3CCN[C@@H](C)C3)n12.Cl. The summed E-state index contributed by atoms with van der Waals surface area (Å²) in [7, 11) is 0. The first kappa shape index (κ1) is 14.3. The molecule has 0 amide bonds. The Hall–Kier alpha value is -1.10. The zero-order chi connectivity index (χ0) is 12.5. The third kappa shape index (κ3) is 2.91. The van der Waals surface area contributed by atoms with Crippen LogP contribution in [0.25, 0.3) is 5.65 Å². The lowest BCUT2D eigenvalue weighted by atomic mass is 10.2. The van der Waals surface area contributed by atoms with Crippen molar-refractivity contribution in [2.45, 2.75) is 26.4 Å². The summed E-state index contributed by atoms with van der Waals surface area (Å²) in [6.07, 6.45) is 2.01. The van der Waals surface area contributed by atoms with E-state index in [4.69, 9.17) is 0 Å². The smallest absolute Gasteiger partial charge is 0.137 e. The van der Waals surface area contributed by atoms with Crippen LogP contribution in [0.3, 0.4) is 0 Å². The first-order valence-electron chi connectivity index (χ1n) is 6.62. The fourth-order valence-corrected chi connectivity index (χ4v) is 2.77. The van der Waals surface area contributed by atoms with Crippen LogP contribution in [-0.4, -0.2) is 40.0 Å². The highest BCUT2D eigenvalue weighted by Crippen LogP contribution is 2.13. The number of nitrogens with zero attached hydrogens (tertiary/aromatic N) is 3. The second-order valence-corrected chi connectivity index (χ2v) is 5.20. The van der Waals surface area contributed by atoms with Crippen molar-refractivity contribution in [3.63, 3.8) is 0 Å². The predicted molar refractivity (Wildman–Crippen MR) is 79.9 cm³/mol. The molecule has 1 aliphatic rings. The standard InChI is InChI=1S/C14H20N4.ClH/c1-11-9-17(7-6-15-11)10-13-8-16-14-5-3-4-12(2)18(13)14;/h3-5,8,11,15H,6-7,9-10H2,1-2H3;1H/t11-;/m0./s1. The fraction of sp³-hybridized carbons (Fsp3) is 0.500. The molecule has 0 radical (unpaired) electrons. The highest BCUT2D eigenvalue weighted by Gasteiger charge is 2.17. The average Bonchev–Trinajstić information content (AvgIpc) is 2.74. The predicted octanol–water partition coefficient (Wildman–Crippen LogP) is 1.86. The van der Waals surface area contributed by atoms with Gasteiger partial charge in [0.2, 0.25) is 0 Å². The minimum atomic E-state index is 0. The second-order valence-electron chi connectivity index (χ2n) is 5.20. The van der Waals surface area contributed by atoms with Gasteiger partial charge in [0.1, 0.15) is 5.65 Å². The van der Waals surface area contributed by atoms with Gasteiger partial charge in [-0.05, 0) is 26.0 Å². The Kier molecular flexibility index (Phi) is 4.45. The number of rotatable bonds is 2. The molecule has 1 N–H and O–H groups in total. The molecule has 2 aromatic rings. The number of piperazine rings is 1. The van der Waals surface area contributed by atoms with Crippen molar-refractivity contribution >= 4 is 18.1 Å². The van der Waals surface area contributed by atoms with Gasteiger partial charge in [-0.15, -0.1) is 12.4 Å². The van der Waals surface area contributed by atoms with Gasteiger partial charge in [-0.3, -0.25) is 4.90 Å². The van der Waals surface area contributed by atoms with Crippen molar-refractivity contribution in [1.82, 2.24) is 19.6 Å². The summed E-state index contributed by atoms with van der Waals surface area (Å²) in [5.41, 5.74) is 3.59. The van der Waals surface area contributed by atoms with E-state index in [2.05, 4.69) is 51.6 Å². The zero-order valence-electron chi connectivity index (χ0n) is 11.5. The van der Waals surface area contributed by atoms with Crippen molar-refractivity contribution in [2.24, 2.45) is 0 Å². The lowest BCUT2D eigenvalue weighted by Crippen LogP contribution is -2.48. The molecule has 0 saturated carbocycles. The molecule has 1 aliphatic heterocycles. The number of fused-ring (bicyclic) bond motifs is 1. The van der Waals surface area contributed by atoms with Crippen molar-refractivity contribution in [3.8, 4) is 0 Å². The minimum absolute atomic E-state index is 0. The molecular weight excluding hydrogens is 260 g/mol. The Morgan fingerprint density at radius 3 is 3.05 bits per heavy atom. The summed E-state index contributed by atoms with van der Waals surface area (Å²) in [6, 6.07) is 6.85. The van der Waals surface area contributed by atoms with E-state index in [1.54, 1.807) is 0 Å². The third-order valence-electron chi connectivity index (χ3n) is 3.64. The maximum atomic E-state index is 4.48. The lowest BCUT2D eigenvalue weighted by Gasteiger charge is -2.31. The van der Waals surface area contributed by atoms with Crippen molar-refractivity contribution in [2.75, 3.05) is 19.6 Å². The normalized spacial score (nSPS) is 20.4. The molecule has 0 aliphatic carbocycles. The fourth-order valence-electron chi connectivity index (χ4n) is 2.77. The Morgan fingerprint density at radius 2 is 2.26 bits per heavy atom. The molecule has 0 spiro atoms. The molecule has 2 aromatic heterocycles. The van der Waals surface area contributed by atoms with Gasteiger partial charge < -0.3 is 9.72 Å². The molecular formula is C14H21ClN4. The Balaban J connectivity index is 0.00000133. The van der Waals surface area contributed by atoms with E-state index in [9.17, 15) is 0 Å². The van der Waals surface area contributed by atoms with Crippen molar-refractivity contribution in [1.29, 1.82) is 0 Å². The molecule has 1 fully saturated rings. The van der Waals surface area contributed by atoms with E-state index < -0.39 is 0 Å². The average molecular weight is 281 g/mol. The first-order valence-corrected chi connectivity index (χ1v) is 6.62. The van der Waals surface area contributed by atoms with E-state index >= 15 is 0 Å². The van der Waals surface area contributed by atoms with Crippen LogP contribution in [0.15, 0.2) is 24.4 Å². The summed E-state index contributed by atoms with van der Waals surface area (Å²) in [4.78, 5) is 6.98. The van der Waals surface area contributed by atoms with Gasteiger partial charge in [-0.1, -0.05) is 6.07 Å². The van der Waals surface area contributed by atoms with Crippen LogP contribution in [-0.2, 0) is 6.54 Å². The number of pyridine rings is 1. The lowest BCUT2D eigenvalue weighted by molar-refractivity contribution is 0.197. The molecule has 0 bridgehead atoms. The maximum absolute atomic E-state index is 4.48. The highest BCUT2D eigenvalue weighted by molar-refractivity contribution is 5.85. The van der Waals surface area contributed by atoms with Crippen LogP contribution in [0.5, 0.6) is 0 Å². The second kappa shape index (κ2) is 5.90. The quantitative estimate of drug-likeness (QED) is 0.911. The number of aromatic nitrogens is 2. The molecule has 5 heteroatoms. The number of halogens is 1. The molecule has 4 nitrogen and oxygen atoms in total. The number of hydrogen-bond donors (Lipinski definition) is 1. The number of nitrogens with one attached hydrogen (secondary N) is 1. The Bertz CT molecular complexity index is 551. The van der Waals surface area contributed by atoms with Crippen LogP contribution >= 0.6 is 12.4 Å². The van der Waals surface area contributed by atoms with Crippen LogP contribution < -0.4 is 5.32 Å². The molecule has 1 saturated heterocycles. The summed E-state index contributed by atoms with van der Waals surface area (Å²) < 4.78 is 2.26. The van der Waals surface area contributed by atoms with Crippen LogP contribution in [0, 0.1) is 6.92 Å². The molecule has 1 atom stereocenters. The maximum Gasteiger partial charge on any atom is 0.137 e. The van der Waals surface area contributed by atoms with E-state index in [0.717, 1.165) is 31.8 Å². The Labute approximate surface area is 120 Å². The molecule has 0 aromatic carbocycles. The summed E-state index contributed by atoms with van der Waals surface area (Å²) in [5, 5.41) is 3.48. The first-order chi connectivity index (χ1) is 8.74. The summed E-state index contributed by atoms with van der Waals surface area (Å²) >= 11 is 0. The third-order valence-corrected chi connectivity index (χ3v) is 3.64. The van der Waals surface area contributed by atoms with E-state index in [1.807, 2.05) is 6.20 Å². The van der Waals surface area contributed by atoms with Crippen LogP contribution in [0.2, 0.25) is 0 Å². The molecule has 104 valence electrons. The molecule has 3 rings (SSSR count). The number of imidazole rings is 1. The number of hydrogen-bond acceptors (Lipinski definition) is 3. The van der Waals surface area contributed by atoms with Crippen LogP contribution in [0.4, 0.5) is 0 Å². The topological polar surface area (TPSA) is 32.6 Å². The Morgan fingerprint density at radius 1 is 1.42 bits per heavy atom. The summed E-state index contributed by atoms with van der Waals surface area (Å²) in [6.45, 7) is 8.67. The highest BCUT2D eigenvalue weighted by atomic mass is 35.5. The monoisotopic (exact) mass is 280 g/mol. The van der Waals surface area contributed by atoms with E-state index in [-0.39, 0.29) is 12.4 Å². The van der Waals surface area contributed by atoms with Crippen LogP contribution in [0.1, 0.15) is 18.3 Å². The van der Waals surface area contributed by atoms with Gasteiger partial charge in [0.05, 0.1) is 11.9 Å². The van der Waals surface area contributed by atoms with E-state index in [0.29, 0.717) is 6.04 Å². The van der Waals surface area contributed by atoms with Gasteiger partial charge in [0, 0.05) is 37.9 Å². The minimum Gasteiger partial charge on any atom is -0.312 e. The van der Waals surface area contributed by atoms with Gasteiger partial charge in [-0.2, -0.15) is 0 Å². The van der Waals surface area contributed by atoms with Crippen molar-refractivity contribution in [3.05, 3.63) is 35.8 Å². The van der Waals surface area contributed by atoms with Gasteiger partial charge in [-0.25, -0.2) is 4.98 Å². The van der Waals surface area contributed by atoms with Gasteiger partial charge in [0.15, 0.2) is 0 Å². The van der Waals surface area contributed by atoms with E-state index in [1.165, 1.54) is 11.4 Å². The molecule has 19 heavy (non-hydrogen) atoms. The zero-order valence-corrected chi connectivity index (χ0v) is 12.3. The number of aryl methyl sites for hydroxylation is 1. The largest absolute Gasteiger partial charge is 0.312 e.